The quantitative estimate of drug-likeness (QED) is 0.832. The summed E-state index contributed by atoms with van der Waals surface area (Å²) < 4.78 is 13.1. The Kier molecular flexibility index (Phi) is 4.12. The first-order valence-electron chi connectivity index (χ1n) is 6.64. The van der Waals surface area contributed by atoms with Crippen molar-refractivity contribution in [2.24, 2.45) is 11.1 Å². The molecule has 0 saturated heterocycles. The Morgan fingerprint density at radius 3 is 2.61 bits per heavy atom. The zero-order valence-corrected chi connectivity index (χ0v) is 10.6. The van der Waals surface area contributed by atoms with E-state index < -0.39 is 0 Å². The van der Waals surface area contributed by atoms with Crippen molar-refractivity contribution in [2.75, 3.05) is 6.54 Å². The highest BCUT2D eigenvalue weighted by Crippen LogP contribution is 2.39. The van der Waals surface area contributed by atoms with Crippen molar-refractivity contribution < 1.29 is 9.18 Å². The van der Waals surface area contributed by atoms with Crippen molar-refractivity contribution in [1.29, 1.82) is 0 Å². The molecule has 18 heavy (non-hydrogen) atoms. The van der Waals surface area contributed by atoms with Crippen LogP contribution < -0.4 is 5.73 Å². The van der Waals surface area contributed by atoms with E-state index in [1.807, 2.05) is 0 Å². The molecule has 2 nitrogen and oxygen atoms in total. The van der Waals surface area contributed by atoms with Gasteiger partial charge < -0.3 is 5.73 Å². The lowest BCUT2D eigenvalue weighted by atomic mass is 9.70. The van der Waals surface area contributed by atoms with Crippen molar-refractivity contribution in [3.05, 3.63) is 35.6 Å². The van der Waals surface area contributed by atoms with Gasteiger partial charge in [0.2, 0.25) is 0 Å². The van der Waals surface area contributed by atoms with Gasteiger partial charge in [-0.25, -0.2) is 4.39 Å². The van der Waals surface area contributed by atoms with Crippen LogP contribution in [0.25, 0.3) is 0 Å². The number of nitrogens with two attached hydrogens (primary N) is 1. The fourth-order valence-corrected chi connectivity index (χ4v) is 2.86. The molecule has 2 N–H and O–H groups in total. The molecule has 0 aliphatic heterocycles. The summed E-state index contributed by atoms with van der Waals surface area (Å²) in [4.78, 5) is 12.2. The van der Waals surface area contributed by atoms with Gasteiger partial charge in [0.25, 0.3) is 0 Å². The summed E-state index contributed by atoms with van der Waals surface area (Å²) in [5.74, 6) is -0.340. The predicted octanol–water partition coefficient (Wildman–Crippen LogP) is 3.31. The number of hydrogen-bond acceptors (Lipinski definition) is 2. The third-order valence-corrected chi connectivity index (χ3v) is 4.03. The van der Waals surface area contributed by atoms with Crippen LogP contribution in [0.4, 0.5) is 4.39 Å². The van der Waals surface area contributed by atoms with Crippen molar-refractivity contribution in [3.8, 4) is 0 Å². The van der Waals surface area contributed by atoms with E-state index in [9.17, 15) is 9.18 Å². The van der Waals surface area contributed by atoms with E-state index >= 15 is 0 Å². The highest BCUT2D eigenvalue weighted by Gasteiger charge is 2.33. The highest BCUT2D eigenvalue weighted by molar-refractivity contribution is 5.96. The van der Waals surface area contributed by atoms with Crippen molar-refractivity contribution >= 4 is 5.78 Å². The molecule has 0 spiro atoms. The van der Waals surface area contributed by atoms with Gasteiger partial charge in [0, 0.05) is 12.0 Å². The number of carbonyl (C=O) groups excluding carboxylic acids is 1. The Labute approximate surface area is 107 Å². The van der Waals surface area contributed by atoms with Crippen LogP contribution in [0.15, 0.2) is 24.3 Å². The number of hydrogen-bond donors (Lipinski definition) is 1. The molecule has 1 aliphatic carbocycles. The van der Waals surface area contributed by atoms with Gasteiger partial charge in [-0.2, -0.15) is 0 Å². The van der Waals surface area contributed by atoms with E-state index in [1.165, 1.54) is 18.6 Å². The summed E-state index contributed by atoms with van der Waals surface area (Å²) in [6, 6.07) is 5.93. The SMILES string of the molecule is NCC1(CC(=O)c2cccc(F)c2)CCCCC1. The van der Waals surface area contributed by atoms with E-state index in [4.69, 9.17) is 5.73 Å². The standard InChI is InChI=1S/C15H20FNO/c16-13-6-4-5-12(9-13)14(18)10-15(11-17)7-2-1-3-8-15/h4-6,9H,1-3,7-8,10-11,17H2. The monoisotopic (exact) mass is 249 g/mol. The zero-order valence-electron chi connectivity index (χ0n) is 10.6. The molecule has 0 heterocycles. The molecule has 0 bridgehead atoms. The van der Waals surface area contributed by atoms with Crippen LogP contribution in [-0.4, -0.2) is 12.3 Å². The van der Waals surface area contributed by atoms with Gasteiger partial charge in [-0.3, -0.25) is 4.79 Å². The van der Waals surface area contributed by atoms with Crippen LogP contribution in [0.2, 0.25) is 0 Å². The lowest BCUT2D eigenvalue weighted by molar-refractivity contribution is 0.0867. The van der Waals surface area contributed by atoms with Crippen LogP contribution in [0.5, 0.6) is 0 Å². The molecule has 3 heteroatoms. The first-order chi connectivity index (χ1) is 8.65. The number of carbonyl (C=O) groups is 1. The molecule has 1 aliphatic rings. The summed E-state index contributed by atoms with van der Waals surface area (Å²) in [6.45, 7) is 0.550. The molecule has 0 unspecified atom stereocenters. The van der Waals surface area contributed by atoms with Gasteiger partial charge in [0.15, 0.2) is 5.78 Å². The Balaban J connectivity index is 2.10. The Morgan fingerprint density at radius 2 is 2.00 bits per heavy atom. The normalized spacial score (nSPS) is 18.6. The number of benzene rings is 1. The second-order valence-corrected chi connectivity index (χ2v) is 5.38. The molecular formula is C15H20FNO. The summed E-state index contributed by atoms with van der Waals surface area (Å²) in [7, 11) is 0. The second kappa shape index (κ2) is 5.61. The third-order valence-electron chi connectivity index (χ3n) is 4.03. The van der Waals surface area contributed by atoms with Gasteiger partial charge in [-0.05, 0) is 36.9 Å². The number of ketones is 1. The number of rotatable bonds is 4. The summed E-state index contributed by atoms with van der Waals surface area (Å²) in [6.07, 6.45) is 6.01. The zero-order chi connectivity index (χ0) is 13.0. The molecular weight excluding hydrogens is 229 g/mol. The van der Waals surface area contributed by atoms with Crippen LogP contribution in [0.1, 0.15) is 48.9 Å². The molecule has 98 valence electrons. The second-order valence-electron chi connectivity index (χ2n) is 5.38. The van der Waals surface area contributed by atoms with Crippen LogP contribution in [0, 0.1) is 11.2 Å². The van der Waals surface area contributed by atoms with Crippen molar-refractivity contribution in [3.63, 3.8) is 0 Å². The maximum atomic E-state index is 13.1. The minimum atomic E-state index is -0.355. The van der Waals surface area contributed by atoms with Crippen molar-refractivity contribution in [1.82, 2.24) is 0 Å². The summed E-state index contributed by atoms with van der Waals surface area (Å²) in [5, 5.41) is 0. The number of Topliss-reactive ketones (excluding diaryl/α,β-unsaturated/α-hetero) is 1. The summed E-state index contributed by atoms with van der Waals surface area (Å²) in [5.41, 5.74) is 6.28. The van der Waals surface area contributed by atoms with Gasteiger partial charge in [-0.1, -0.05) is 31.4 Å². The smallest absolute Gasteiger partial charge is 0.163 e. The average Bonchev–Trinajstić information content (AvgIpc) is 2.40. The molecule has 2 rings (SSSR count). The largest absolute Gasteiger partial charge is 0.330 e. The van der Waals surface area contributed by atoms with Crippen LogP contribution in [0.3, 0.4) is 0 Å². The van der Waals surface area contributed by atoms with Crippen LogP contribution >= 0.6 is 0 Å². The molecule has 0 aromatic heterocycles. The lowest BCUT2D eigenvalue weighted by Gasteiger charge is -2.35. The van der Waals surface area contributed by atoms with E-state index in [0.717, 1.165) is 25.7 Å². The number of halogens is 1. The molecule has 0 atom stereocenters. The van der Waals surface area contributed by atoms with Gasteiger partial charge >= 0.3 is 0 Å². The Hall–Kier alpha value is -1.22. The van der Waals surface area contributed by atoms with Crippen LogP contribution in [-0.2, 0) is 0 Å². The molecule has 1 aromatic carbocycles. The van der Waals surface area contributed by atoms with Gasteiger partial charge in [0.05, 0.1) is 0 Å². The maximum Gasteiger partial charge on any atom is 0.163 e. The maximum absolute atomic E-state index is 13.1. The minimum absolute atomic E-state index is 0.0156. The molecule has 1 fully saturated rings. The fourth-order valence-electron chi connectivity index (χ4n) is 2.86. The minimum Gasteiger partial charge on any atom is -0.330 e. The van der Waals surface area contributed by atoms with Gasteiger partial charge in [-0.15, -0.1) is 0 Å². The third kappa shape index (κ3) is 2.96. The van der Waals surface area contributed by atoms with Crippen molar-refractivity contribution in [2.45, 2.75) is 38.5 Å². The molecule has 0 radical (unpaired) electrons. The summed E-state index contributed by atoms with van der Waals surface area (Å²) >= 11 is 0. The Bertz CT molecular complexity index is 424. The first kappa shape index (κ1) is 13.2. The predicted molar refractivity (Wildman–Crippen MR) is 69.9 cm³/mol. The molecule has 1 aromatic rings. The van der Waals surface area contributed by atoms with E-state index in [2.05, 4.69) is 0 Å². The lowest BCUT2D eigenvalue weighted by Crippen LogP contribution is -2.35. The van der Waals surface area contributed by atoms with E-state index in [1.54, 1.807) is 12.1 Å². The fraction of sp³-hybridized carbons (Fsp3) is 0.533. The average molecular weight is 249 g/mol. The topological polar surface area (TPSA) is 43.1 Å². The van der Waals surface area contributed by atoms with E-state index in [-0.39, 0.29) is 17.0 Å². The van der Waals surface area contributed by atoms with Gasteiger partial charge in [0.1, 0.15) is 5.82 Å². The highest BCUT2D eigenvalue weighted by atomic mass is 19.1. The molecule has 1 saturated carbocycles. The first-order valence-corrected chi connectivity index (χ1v) is 6.64. The Morgan fingerprint density at radius 1 is 1.28 bits per heavy atom. The van der Waals surface area contributed by atoms with E-state index in [0.29, 0.717) is 18.5 Å². The molecule has 0 amide bonds.